The van der Waals surface area contributed by atoms with Gasteiger partial charge in [-0.3, -0.25) is 9.89 Å². The maximum atomic E-state index is 12.0. The summed E-state index contributed by atoms with van der Waals surface area (Å²) in [5, 5.41) is 6.31. The van der Waals surface area contributed by atoms with Crippen LogP contribution in [0.1, 0.15) is 10.4 Å². The minimum absolute atomic E-state index is 0.0330. The number of piperazine rings is 1. The molecule has 2 heterocycles. The highest BCUT2D eigenvalue weighted by atomic mass is 16.2. The molecule has 1 amide bonds. The number of aromatic nitrogens is 2. The van der Waals surface area contributed by atoms with E-state index in [1.54, 1.807) is 4.90 Å². The lowest BCUT2D eigenvalue weighted by Crippen LogP contribution is -2.47. The average Bonchev–Trinajstić information content (AvgIpc) is 2.65. The fraction of sp³-hybridized carbons (Fsp3) is 0.556. The topological polar surface area (TPSA) is 78.2 Å². The van der Waals surface area contributed by atoms with E-state index in [0.29, 0.717) is 11.4 Å². The molecule has 1 aromatic rings. The van der Waals surface area contributed by atoms with Crippen molar-refractivity contribution in [1.82, 2.24) is 20.0 Å². The minimum Gasteiger partial charge on any atom is -0.383 e. The van der Waals surface area contributed by atoms with Gasteiger partial charge in [0.05, 0.1) is 6.20 Å². The van der Waals surface area contributed by atoms with Gasteiger partial charge in [0, 0.05) is 26.2 Å². The van der Waals surface area contributed by atoms with E-state index in [-0.39, 0.29) is 5.91 Å². The standard InChI is InChI=1S/C9H15N5O/c1-13-2-4-14(5-3-13)9(15)7-6-11-12-8(7)10/h6H,2-5H2,1H3,(H3,10,11,12). The molecule has 3 N–H and O–H groups in total. The van der Waals surface area contributed by atoms with E-state index in [2.05, 4.69) is 15.1 Å². The Labute approximate surface area is 88.0 Å². The van der Waals surface area contributed by atoms with Crippen LogP contribution >= 0.6 is 0 Å². The zero-order valence-corrected chi connectivity index (χ0v) is 8.73. The number of hydrogen-bond acceptors (Lipinski definition) is 4. The molecular formula is C9H15N5O. The molecule has 0 unspecified atom stereocenters. The quantitative estimate of drug-likeness (QED) is 0.646. The molecule has 2 rings (SSSR count). The molecule has 0 spiro atoms. The first-order valence-corrected chi connectivity index (χ1v) is 4.95. The second-order valence-electron chi connectivity index (χ2n) is 3.79. The van der Waals surface area contributed by atoms with Crippen molar-refractivity contribution in [1.29, 1.82) is 0 Å². The van der Waals surface area contributed by atoms with Crippen molar-refractivity contribution in [2.45, 2.75) is 0 Å². The van der Waals surface area contributed by atoms with E-state index in [4.69, 9.17) is 5.73 Å². The molecule has 0 aliphatic carbocycles. The fourth-order valence-corrected chi connectivity index (χ4v) is 1.65. The van der Waals surface area contributed by atoms with E-state index in [1.165, 1.54) is 6.20 Å². The third kappa shape index (κ3) is 1.94. The fourth-order valence-electron chi connectivity index (χ4n) is 1.65. The summed E-state index contributed by atoms with van der Waals surface area (Å²) in [4.78, 5) is 16.0. The van der Waals surface area contributed by atoms with Gasteiger partial charge in [0.2, 0.25) is 0 Å². The van der Waals surface area contributed by atoms with Crippen LogP contribution in [0.25, 0.3) is 0 Å². The Hall–Kier alpha value is -1.56. The third-order valence-corrected chi connectivity index (χ3v) is 2.69. The largest absolute Gasteiger partial charge is 0.383 e. The number of H-pyrrole nitrogens is 1. The predicted octanol–water partition coefficient (Wildman–Crippen LogP) is -0.620. The summed E-state index contributed by atoms with van der Waals surface area (Å²) in [5.74, 6) is 0.313. The van der Waals surface area contributed by atoms with Crippen LogP contribution in [0.4, 0.5) is 5.82 Å². The highest BCUT2D eigenvalue weighted by Gasteiger charge is 2.22. The Balaban J connectivity index is 2.06. The number of nitrogens with zero attached hydrogens (tertiary/aromatic N) is 3. The van der Waals surface area contributed by atoms with Crippen LogP contribution in [-0.4, -0.2) is 59.1 Å². The van der Waals surface area contributed by atoms with Crippen LogP contribution in [0.5, 0.6) is 0 Å². The number of anilines is 1. The van der Waals surface area contributed by atoms with Gasteiger partial charge in [0.25, 0.3) is 5.91 Å². The molecule has 0 saturated carbocycles. The first-order valence-electron chi connectivity index (χ1n) is 4.95. The molecule has 0 radical (unpaired) electrons. The van der Waals surface area contributed by atoms with Gasteiger partial charge in [-0.25, -0.2) is 0 Å². The first-order chi connectivity index (χ1) is 7.18. The van der Waals surface area contributed by atoms with Crippen LogP contribution in [0.3, 0.4) is 0 Å². The van der Waals surface area contributed by atoms with Crippen molar-refractivity contribution in [2.75, 3.05) is 39.0 Å². The molecule has 0 aromatic carbocycles. The lowest BCUT2D eigenvalue weighted by Gasteiger charge is -2.32. The van der Waals surface area contributed by atoms with Crippen LogP contribution in [0, 0.1) is 0 Å². The summed E-state index contributed by atoms with van der Waals surface area (Å²) in [6.45, 7) is 3.31. The van der Waals surface area contributed by atoms with Gasteiger partial charge in [-0.2, -0.15) is 5.10 Å². The summed E-state index contributed by atoms with van der Waals surface area (Å²) in [6, 6.07) is 0. The van der Waals surface area contributed by atoms with Crippen molar-refractivity contribution in [2.24, 2.45) is 0 Å². The molecule has 0 bridgehead atoms. The number of hydrogen-bond donors (Lipinski definition) is 2. The van der Waals surface area contributed by atoms with E-state index >= 15 is 0 Å². The van der Waals surface area contributed by atoms with Crippen molar-refractivity contribution < 1.29 is 4.79 Å². The van der Waals surface area contributed by atoms with Gasteiger partial charge in [-0.1, -0.05) is 0 Å². The Bertz CT molecular complexity index is 353. The molecular weight excluding hydrogens is 194 g/mol. The summed E-state index contributed by atoms with van der Waals surface area (Å²) in [6.07, 6.45) is 1.48. The van der Waals surface area contributed by atoms with Crippen LogP contribution < -0.4 is 5.73 Å². The van der Waals surface area contributed by atoms with E-state index in [1.807, 2.05) is 7.05 Å². The van der Waals surface area contributed by atoms with Gasteiger partial charge >= 0.3 is 0 Å². The number of aromatic amines is 1. The number of rotatable bonds is 1. The lowest BCUT2D eigenvalue weighted by atomic mass is 10.2. The first kappa shape index (κ1) is 9.97. The van der Waals surface area contributed by atoms with Gasteiger partial charge < -0.3 is 15.5 Å². The summed E-state index contributed by atoms with van der Waals surface area (Å²) in [5.41, 5.74) is 6.07. The molecule has 1 aliphatic rings. The second-order valence-corrected chi connectivity index (χ2v) is 3.79. The van der Waals surface area contributed by atoms with Crippen LogP contribution in [-0.2, 0) is 0 Å². The monoisotopic (exact) mass is 209 g/mol. The summed E-state index contributed by atoms with van der Waals surface area (Å²) < 4.78 is 0. The minimum atomic E-state index is -0.0330. The molecule has 1 aromatic heterocycles. The Morgan fingerprint density at radius 1 is 1.47 bits per heavy atom. The van der Waals surface area contributed by atoms with Gasteiger partial charge in [-0.15, -0.1) is 0 Å². The average molecular weight is 209 g/mol. The molecule has 6 heteroatoms. The molecule has 1 saturated heterocycles. The molecule has 82 valence electrons. The van der Waals surface area contributed by atoms with Crippen molar-refractivity contribution >= 4 is 11.7 Å². The highest BCUT2D eigenvalue weighted by molar-refractivity contribution is 5.98. The number of nitrogens with one attached hydrogen (secondary N) is 1. The SMILES string of the molecule is CN1CCN(C(=O)c2cn[nH]c2N)CC1. The van der Waals surface area contributed by atoms with Crippen molar-refractivity contribution in [3.63, 3.8) is 0 Å². The molecule has 15 heavy (non-hydrogen) atoms. The maximum Gasteiger partial charge on any atom is 0.259 e. The molecule has 0 atom stereocenters. The molecule has 1 fully saturated rings. The van der Waals surface area contributed by atoms with Gasteiger partial charge in [0.1, 0.15) is 11.4 Å². The van der Waals surface area contributed by atoms with E-state index in [0.717, 1.165) is 26.2 Å². The zero-order valence-electron chi connectivity index (χ0n) is 8.73. The third-order valence-electron chi connectivity index (χ3n) is 2.69. The maximum absolute atomic E-state index is 12.0. The van der Waals surface area contributed by atoms with E-state index < -0.39 is 0 Å². The van der Waals surface area contributed by atoms with Crippen LogP contribution in [0.15, 0.2) is 6.20 Å². The van der Waals surface area contributed by atoms with Crippen molar-refractivity contribution in [3.05, 3.63) is 11.8 Å². The Morgan fingerprint density at radius 2 is 2.13 bits per heavy atom. The number of carbonyl (C=O) groups excluding carboxylic acids is 1. The predicted molar refractivity (Wildman–Crippen MR) is 56.4 cm³/mol. The zero-order chi connectivity index (χ0) is 10.8. The van der Waals surface area contributed by atoms with Crippen LogP contribution in [0.2, 0.25) is 0 Å². The Kier molecular flexibility index (Phi) is 2.59. The summed E-state index contributed by atoms with van der Waals surface area (Å²) >= 11 is 0. The Morgan fingerprint density at radius 3 is 2.67 bits per heavy atom. The highest BCUT2D eigenvalue weighted by Crippen LogP contribution is 2.11. The number of nitrogens with two attached hydrogens (primary N) is 1. The van der Waals surface area contributed by atoms with E-state index in [9.17, 15) is 4.79 Å². The number of likely N-dealkylation sites (N-methyl/N-ethyl adjacent to an activating group) is 1. The number of carbonyl (C=O) groups is 1. The van der Waals surface area contributed by atoms with Crippen molar-refractivity contribution in [3.8, 4) is 0 Å². The normalized spacial score (nSPS) is 18.1. The molecule has 6 nitrogen and oxygen atoms in total. The van der Waals surface area contributed by atoms with Gasteiger partial charge in [0.15, 0.2) is 0 Å². The van der Waals surface area contributed by atoms with Gasteiger partial charge in [-0.05, 0) is 7.05 Å². The molecule has 1 aliphatic heterocycles. The lowest BCUT2D eigenvalue weighted by molar-refractivity contribution is 0.0665. The number of amides is 1. The summed E-state index contributed by atoms with van der Waals surface area (Å²) in [7, 11) is 2.05. The smallest absolute Gasteiger partial charge is 0.259 e. The number of nitrogen functional groups attached to an aromatic ring is 1. The second kappa shape index (κ2) is 3.90.